The van der Waals surface area contributed by atoms with Crippen molar-refractivity contribution in [3.63, 3.8) is 0 Å². The largest absolute Gasteiger partial charge is 0.278 e. The van der Waals surface area contributed by atoms with Gasteiger partial charge in [0.05, 0.1) is 11.0 Å². The van der Waals surface area contributed by atoms with Crippen molar-refractivity contribution in [1.82, 2.24) is 14.5 Å². The molecule has 48 heavy (non-hydrogen) atoms. The number of thiophene rings is 1. The van der Waals surface area contributed by atoms with Crippen molar-refractivity contribution < 1.29 is 0 Å². The average molecular weight is 630 g/mol. The van der Waals surface area contributed by atoms with Crippen LogP contribution in [0, 0.1) is 0 Å². The lowest BCUT2D eigenvalue weighted by Crippen LogP contribution is -2.00. The molecule has 0 bridgehead atoms. The van der Waals surface area contributed by atoms with Crippen LogP contribution >= 0.6 is 11.3 Å². The van der Waals surface area contributed by atoms with E-state index in [0.717, 1.165) is 22.2 Å². The van der Waals surface area contributed by atoms with Crippen molar-refractivity contribution >= 4 is 64.1 Å². The van der Waals surface area contributed by atoms with Crippen molar-refractivity contribution in [2.75, 3.05) is 0 Å². The van der Waals surface area contributed by atoms with Gasteiger partial charge in [-0.25, -0.2) is 9.97 Å². The van der Waals surface area contributed by atoms with Gasteiger partial charge in [-0.1, -0.05) is 115 Å². The fourth-order valence-electron chi connectivity index (χ4n) is 7.25. The van der Waals surface area contributed by atoms with Gasteiger partial charge >= 0.3 is 0 Å². The molecule has 4 heteroatoms. The molecular weight excluding hydrogens is 603 g/mol. The number of rotatable bonds is 4. The van der Waals surface area contributed by atoms with Crippen molar-refractivity contribution in [2.24, 2.45) is 0 Å². The minimum absolute atomic E-state index is 0.665. The fraction of sp³-hybridized carbons (Fsp3) is 0. The monoisotopic (exact) mass is 629 g/mol. The number of hydrogen-bond donors (Lipinski definition) is 0. The van der Waals surface area contributed by atoms with E-state index in [-0.39, 0.29) is 0 Å². The van der Waals surface area contributed by atoms with Crippen LogP contribution in [-0.4, -0.2) is 14.5 Å². The molecule has 0 aliphatic carbocycles. The molecule has 3 heterocycles. The highest BCUT2D eigenvalue weighted by Crippen LogP contribution is 2.45. The van der Waals surface area contributed by atoms with Gasteiger partial charge in [0.15, 0.2) is 0 Å². The predicted octanol–water partition coefficient (Wildman–Crippen LogP) is 12.1. The van der Waals surface area contributed by atoms with Crippen molar-refractivity contribution in [2.45, 2.75) is 0 Å². The molecule has 3 nitrogen and oxygen atoms in total. The Morgan fingerprint density at radius 3 is 1.73 bits per heavy atom. The predicted molar refractivity (Wildman–Crippen MR) is 203 cm³/mol. The Morgan fingerprint density at radius 2 is 1.02 bits per heavy atom. The SMILES string of the molecule is c1ccc(-c2cc(-c3ccccc3)cc(-c3cnc(-n4c5ccccc5c5c6sc7ccc8ccccc8c7c6ccc54)nc3)c2)cc1. The molecule has 0 spiro atoms. The van der Waals surface area contributed by atoms with Gasteiger partial charge in [-0.2, -0.15) is 0 Å². The molecule has 0 fully saturated rings. The summed E-state index contributed by atoms with van der Waals surface area (Å²) in [6.07, 6.45) is 3.93. The quantitative estimate of drug-likeness (QED) is 0.194. The molecule has 0 saturated carbocycles. The Balaban J connectivity index is 1.15. The van der Waals surface area contributed by atoms with Gasteiger partial charge in [-0.05, 0) is 75.0 Å². The molecule has 0 aliphatic rings. The molecule has 0 amide bonds. The molecular formula is C44H27N3S. The first-order valence-corrected chi connectivity index (χ1v) is 17.0. The Bertz CT molecular complexity index is 2760. The second-order valence-corrected chi connectivity index (χ2v) is 13.3. The maximum Gasteiger partial charge on any atom is 0.234 e. The van der Waals surface area contributed by atoms with Crippen molar-refractivity contribution in [1.29, 1.82) is 0 Å². The molecule has 0 atom stereocenters. The summed E-state index contributed by atoms with van der Waals surface area (Å²) in [5.41, 5.74) is 8.98. The van der Waals surface area contributed by atoms with Gasteiger partial charge in [0.1, 0.15) is 0 Å². The minimum Gasteiger partial charge on any atom is -0.278 e. The van der Waals surface area contributed by atoms with Gasteiger partial charge < -0.3 is 0 Å². The van der Waals surface area contributed by atoms with E-state index in [0.29, 0.717) is 5.95 Å². The van der Waals surface area contributed by atoms with E-state index in [9.17, 15) is 0 Å². The molecule has 0 aliphatic heterocycles. The van der Waals surface area contributed by atoms with Crippen LogP contribution in [0.2, 0.25) is 0 Å². The second kappa shape index (κ2) is 10.7. The van der Waals surface area contributed by atoms with Gasteiger partial charge in [0, 0.05) is 48.9 Å². The standard InChI is InChI=1S/C44H27N3S/c1-3-11-28(12-4-1)31-23-32(29-13-5-2-6-14-29)25-33(24-31)34-26-45-44(46-27-34)47-38-18-10-9-17-36(38)42-39(47)21-20-37-41-35-16-8-7-15-30(35)19-22-40(41)48-43(37)42/h1-27H. The Kier molecular flexibility index (Phi) is 6.05. The van der Waals surface area contributed by atoms with Crippen LogP contribution in [0.1, 0.15) is 0 Å². The third kappa shape index (κ3) is 4.20. The number of nitrogens with zero attached hydrogens (tertiary/aromatic N) is 3. The Morgan fingerprint density at radius 1 is 0.417 bits per heavy atom. The van der Waals surface area contributed by atoms with E-state index in [1.54, 1.807) is 0 Å². The highest BCUT2D eigenvalue weighted by atomic mass is 32.1. The molecule has 0 unspecified atom stereocenters. The van der Waals surface area contributed by atoms with Crippen LogP contribution in [0.4, 0.5) is 0 Å². The Labute approximate surface area is 281 Å². The van der Waals surface area contributed by atoms with Crippen molar-refractivity contribution in [3.05, 3.63) is 164 Å². The van der Waals surface area contributed by atoms with Crippen LogP contribution < -0.4 is 0 Å². The maximum atomic E-state index is 5.02. The third-order valence-electron chi connectivity index (χ3n) is 9.48. The van der Waals surface area contributed by atoms with E-state index >= 15 is 0 Å². The first-order chi connectivity index (χ1) is 23.8. The number of benzene rings is 7. The maximum absolute atomic E-state index is 5.02. The summed E-state index contributed by atoms with van der Waals surface area (Å²) in [5, 5.41) is 7.67. The van der Waals surface area contributed by atoms with E-state index in [1.807, 2.05) is 23.7 Å². The van der Waals surface area contributed by atoms with Gasteiger partial charge in [-0.15, -0.1) is 11.3 Å². The van der Waals surface area contributed by atoms with E-state index in [2.05, 4.69) is 156 Å². The van der Waals surface area contributed by atoms with Crippen LogP contribution in [0.25, 0.3) is 92.1 Å². The van der Waals surface area contributed by atoms with Crippen LogP contribution in [0.3, 0.4) is 0 Å². The number of para-hydroxylation sites is 1. The van der Waals surface area contributed by atoms with Crippen LogP contribution in [0.15, 0.2) is 164 Å². The zero-order valence-corrected chi connectivity index (χ0v) is 26.7. The van der Waals surface area contributed by atoms with Gasteiger partial charge in [0.2, 0.25) is 5.95 Å². The zero-order valence-electron chi connectivity index (χ0n) is 25.8. The first kappa shape index (κ1) is 27.1. The summed E-state index contributed by atoms with van der Waals surface area (Å²) >= 11 is 1.87. The summed E-state index contributed by atoms with van der Waals surface area (Å²) in [6, 6.07) is 54.2. The van der Waals surface area contributed by atoms with Crippen LogP contribution in [0.5, 0.6) is 0 Å². The Hall–Kier alpha value is -6.10. The summed E-state index contributed by atoms with van der Waals surface area (Å²) in [6.45, 7) is 0. The molecule has 10 aromatic rings. The highest BCUT2D eigenvalue weighted by Gasteiger charge is 2.19. The lowest BCUT2D eigenvalue weighted by Gasteiger charge is -2.12. The van der Waals surface area contributed by atoms with E-state index < -0.39 is 0 Å². The zero-order chi connectivity index (χ0) is 31.6. The van der Waals surface area contributed by atoms with Crippen LogP contribution in [-0.2, 0) is 0 Å². The lowest BCUT2D eigenvalue weighted by atomic mass is 9.94. The van der Waals surface area contributed by atoms with Gasteiger partial charge in [-0.3, -0.25) is 4.57 Å². The summed E-state index contributed by atoms with van der Waals surface area (Å²) in [7, 11) is 0. The summed E-state index contributed by atoms with van der Waals surface area (Å²) < 4.78 is 4.82. The summed E-state index contributed by atoms with van der Waals surface area (Å²) in [4.78, 5) is 10.0. The summed E-state index contributed by atoms with van der Waals surface area (Å²) in [5.74, 6) is 0.665. The van der Waals surface area contributed by atoms with Gasteiger partial charge in [0.25, 0.3) is 0 Å². The van der Waals surface area contributed by atoms with E-state index in [1.165, 1.54) is 64.0 Å². The number of aromatic nitrogens is 3. The molecule has 224 valence electrons. The highest BCUT2D eigenvalue weighted by molar-refractivity contribution is 7.27. The molecule has 3 aromatic heterocycles. The number of hydrogen-bond acceptors (Lipinski definition) is 3. The normalized spacial score (nSPS) is 11.8. The first-order valence-electron chi connectivity index (χ1n) is 16.1. The smallest absolute Gasteiger partial charge is 0.234 e. The molecule has 0 N–H and O–H groups in total. The molecule has 7 aromatic carbocycles. The number of fused-ring (bicyclic) bond motifs is 9. The molecule has 0 saturated heterocycles. The minimum atomic E-state index is 0.665. The average Bonchev–Trinajstić information content (AvgIpc) is 3.72. The second-order valence-electron chi connectivity index (χ2n) is 12.3. The fourth-order valence-corrected chi connectivity index (χ4v) is 8.52. The molecule has 0 radical (unpaired) electrons. The van der Waals surface area contributed by atoms with Crippen molar-refractivity contribution in [3.8, 4) is 39.3 Å². The lowest BCUT2D eigenvalue weighted by molar-refractivity contribution is 0.990. The van der Waals surface area contributed by atoms with E-state index in [4.69, 9.17) is 9.97 Å². The molecule has 10 rings (SSSR count). The topological polar surface area (TPSA) is 30.7 Å². The third-order valence-corrected chi connectivity index (χ3v) is 10.7.